The third-order valence-electron chi connectivity index (χ3n) is 3.02. The highest BCUT2D eigenvalue weighted by Crippen LogP contribution is 2.11. The van der Waals surface area contributed by atoms with E-state index >= 15 is 0 Å². The van der Waals surface area contributed by atoms with Crippen LogP contribution in [0.15, 0.2) is 58.5 Å². The predicted octanol–water partition coefficient (Wildman–Crippen LogP) is 1.93. The van der Waals surface area contributed by atoms with Crippen molar-refractivity contribution in [2.24, 2.45) is 5.10 Å². The predicted molar refractivity (Wildman–Crippen MR) is 90.7 cm³/mol. The van der Waals surface area contributed by atoms with Gasteiger partial charge in [0, 0.05) is 17.7 Å². The van der Waals surface area contributed by atoms with Crippen molar-refractivity contribution in [1.82, 2.24) is 10.1 Å². The van der Waals surface area contributed by atoms with E-state index in [2.05, 4.69) is 5.10 Å². The number of benzene rings is 2. The number of rotatable bonds is 5. The van der Waals surface area contributed by atoms with Crippen LogP contribution in [0.5, 0.6) is 0 Å². The second-order valence-electron chi connectivity index (χ2n) is 4.97. The fourth-order valence-corrected chi connectivity index (χ4v) is 2.71. The normalized spacial score (nSPS) is 11.2. The number of nitro benzene ring substituents is 1. The molecule has 0 atom stereocenters. The Hall–Kier alpha value is -3.27. The van der Waals surface area contributed by atoms with E-state index in [-0.39, 0.29) is 10.6 Å². The molecule has 0 bridgehead atoms. The molecule has 0 aliphatic heterocycles. The van der Waals surface area contributed by atoms with Crippen molar-refractivity contribution in [3.8, 4) is 0 Å². The molecule has 0 fully saturated rings. The molecule has 0 aliphatic rings. The van der Waals surface area contributed by atoms with E-state index in [1.807, 2.05) is 10.1 Å². The fourth-order valence-electron chi connectivity index (χ4n) is 1.81. The van der Waals surface area contributed by atoms with E-state index in [1.54, 1.807) is 25.1 Å². The zero-order chi connectivity index (χ0) is 18.4. The van der Waals surface area contributed by atoms with Crippen molar-refractivity contribution in [1.29, 1.82) is 0 Å². The van der Waals surface area contributed by atoms with Gasteiger partial charge in [-0.25, -0.2) is 23.4 Å². The average molecular weight is 362 g/mol. The summed E-state index contributed by atoms with van der Waals surface area (Å²) in [6.07, 6.45) is 1.16. The number of aryl methyl sites for hydroxylation is 1. The van der Waals surface area contributed by atoms with E-state index in [0.717, 1.165) is 11.8 Å². The van der Waals surface area contributed by atoms with Crippen LogP contribution in [-0.4, -0.2) is 25.6 Å². The number of hydrazone groups is 1. The average Bonchev–Trinajstić information content (AvgIpc) is 2.55. The van der Waals surface area contributed by atoms with Gasteiger partial charge in [-0.1, -0.05) is 29.8 Å². The quantitative estimate of drug-likeness (QED) is 0.477. The lowest BCUT2D eigenvalue weighted by atomic mass is 10.2. The summed E-state index contributed by atoms with van der Waals surface area (Å²) >= 11 is 0. The van der Waals surface area contributed by atoms with Gasteiger partial charge in [0.1, 0.15) is 0 Å². The van der Waals surface area contributed by atoms with Gasteiger partial charge in [-0.15, -0.1) is 0 Å². The third-order valence-corrected chi connectivity index (χ3v) is 4.37. The van der Waals surface area contributed by atoms with Gasteiger partial charge in [-0.05, 0) is 19.1 Å². The lowest BCUT2D eigenvalue weighted by Crippen LogP contribution is -2.37. The van der Waals surface area contributed by atoms with Crippen LogP contribution in [0.3, 0.4) is 0 Å². The van der Waals surface area contributed by atoms with Gasteiger partial charge in [0.05, 0.1) is 16.0 Å². The van der Waals surface area contributed by atoms with Crippen LogP contribution in [0.2, 0.25) is 0 Å². The molecule has 0 unspecified atom stereocenters. The van der Waals surface area contributed by atoms with Gasteiger partial charge in [0.2, 0.25) is 0 Å². The number of carbonyl (C=O) groups excluding carboxylic acids is 1. The molecular formula is C15H14N4O5S. The summed E-state index contributed by atoms with van der Waals surface area (Å²) in [6.45, 7) is 1.80. The molecule has 25 heavy (non-hydrogen) atoms. The number of nitro groups is 1. The standard InChI is InChI=1S/C15H14N4O5S/c1-11-5-7-14(8-6-11)25(23,24)18-15(20)17-16-10-12-3-2-4-13(9-12)19(21)22/h2-10H,1H3,(H2,17,18,20)/b16-10-. The summed E-state index contributed by atoms with van der Waals surface area (Å²) in [5, 5.41) is 14.2. The van der Waals surface area contributed by atoms with Crippen molar-refractivity contribution in [2.45, 2.75) is 11.8 Å². The first-order valence-corrected chi connectivity index (χ1v) is 8.43. The summed E-state index contributed by atoms with van der Waals surface area (Å²) in [5.41, 5.74) is 3.11. The minimum absolute atomic E-state index is 0.0593. The Morgan fingerprint density at radius 1 is 1.20 bits per heavy atom. The summed E-state index contributed by atoms with van der Waals surface area (Å²) in [4.78, 5) is 21.7. The smallest absolute Gasteiger partial charge is 0.258 e. The Balaban J connectivity index is 1.99. The van der Waals surface area contributed by atoms with Crippen LogP contribution in [-0.2, 0) is 10.0 Å². The molecule has 0 aliphatic carbocycles. The Morgan fingerprint density at radius 2 is 1.88 bits per heavy atom. The van der Waals surface area contributed by atoms with Gasteiger partial charge in [-0.2, -0.15) is 5.10 Å². The minimum atomic E-state index is -4.01. The number of nitrogens with one attached hydrogen (secondary N) is 2. The Bertz CT molecular complexity index is 923. The van der Waals surface area contributed by atoms with E-state index in [1.165, 1.54) is 30.3 Å². The lowest BCUT2D eigenvalue weighted by molar-refractivity contribution is -0.384. The minimum Gasteiger partial charge on any atom is -0.258 e. The zero-order valence-corrected chi connectivity index (χ0v) is 13.9. The van der Waals surface area contributed by atoms with Crippen LogP contribution < -0.4 is 10.1 Å². The highest BCUT2D eigenvalue weighted by atomic mass is 32.2. The van der Waals surface area contributed by atoms with Gasteiger partial charge < -0.3 is 0 Å². The molecule has 130 valence electrons. The molecule has 2 rings (SSSR count). The van der Waals surface area contributed by atoms with Gasteiger partial charge >= 0.3 is 6.03 Å². The maximum absolute atomic E-state index is 12.0. The molecule has 10 heteroatoms. The Labute approximate surface area is 143 Å². The number of amides is 2. The summed E-state index contributed by atoms with van der Waals surface area (Å²) in [5.74, 6) is 0. The van der Waals surface area contributed by atoms with Crippen LogP contribution in [0, 0.1) is 17.0 Å². The first-order valence-electron chi connectivity index (χ1n) is 6.95. The number of urea groups is 1. The number of sulfonamides is 1. The maximum Gasteiger partial charge on any atom is 0.349 e. The molecule has 9 nitrogen and oxygen atoms in total. The second kappa shape index (κ2) is 7.53. The largest absolute Gasteiger partial charge is 0.349 e. The first kappa shape index (κ1) is 18.1. The fraction of sp³-hybridized carbons (Fsp3) is 0.0667. The van der Waals surface area contributed by atoms with Gasteiger partial charge in [-0.3, -0.25) is 10.1 Å². The summed E-state index contributed by atoms with van der Waals surface area (Å²) < 4.78 is 25.8. The molecule has 2 aromatic carbocycles. The molecule has 2 amide bonds. The molecule has 2 aromatic rings. The Kier molecular flexibility index (Phi) is 5.45. The van der Waals surface area contributed by atoms with E-state index in [4.69, 9.17) is 0 Å². The highest BCUT2D eigenvalue weighted by Gasteiger charge is 2.16. The second-order valence-corrected chi connectivity index (χ2v) is 6.65. The lowest BCUT2D eigenvalue weighted by Gasteiger charge is -2.06. The third kappa shape index (κ3) is 5.11. The molecular weight excluding hydrogens is 348 g/mol. The number of nitrogens with zero attached hydrogens (tertiary/aromatic N) is 2. The van der Waals surface area contributed by atoms with E-state index in [0.29, 0.717) is 5.56 Å². The van der Waals surface area contributed by atoms with Crippen molar-refractivity contribution < 1.29 is 18.1 Å². The highest BCUT2D eigenvalue weighted by molar-refractivity contribution is 7.90. The summed E-state index contributed by atoms with van der Waals surface area (Å²) in [7, 11) is -4.01. The van der Waals surface area contributed by atoms with E-state index < -0.39 is 21.0 Å². The van der Waals surface area contributed by atoms with Gasteiger partial charge in [0.25, 0.3) is 15.7 Å². The molecule has 0 saturated carbocycles. The number of carbonyl (C=O) groups is 1. The SMILES string of the molecule is Cc1ccc(S(=O)(=O)NC(=O)N/N=C\c2cccc([N+](=O)[O-])c2)cc1. The number of hydrogen-bond acceptors (Lipinski definition) is 6. The van der Waals surface area contributed by atoms with Crippen LogP contribution >= 0.6 is 0 Å². The van der Waals surface area contributed by atoms with Gasteiger partial charge in [0.15, 0.2) is 0 Å². The van der Waals surface area contributed by atoms with Crippen LogP contribution in [0.1, 0.15) is 11.1 Å². The molecule has 0 spiro atoms. The molecule has 0 saturated heterocycles. The zero-order valence-electron chi connectivity index (χ0n) is 13.0. The monoisotopic (exact) mass is 362 g/mol. The first-order chi connectivity index (χ1) is 11.8. The topological polar surface area (TPSA) is 131 Å². The van der Waals surface area contributed by atoms with Crippen molar-refractivity contribution in [2.75, 3.05) is 0 Å². The van der Waals surface area contributed by atoms with E-state index in [9.17, 15) is 23.3 Å². The molecule has 0 radical (unpaired) electrons. The van der Waals surface area contributed by atoms with Crippen LogP contribution in [0.25, 0.3) is 0 Å². The summed E-state index contributed by atoms with van der Waals surface area (Å²) in [6, 6.07) is 10.5. The Morgan fingerprint density at radius 3 is 2.52 bits per heavy atom. The number of non-ortho nitro benzene ring substituents is 1. The molecule has 0 heterocycles. The maximum atomic E-state index is 12.0. The molecule has 2 N–H and O–H groups in total. The molecule has 0 aromatic heterocycles. The van der Waals surface area contributed by atoms with Crippen LogP contribution in [0.4, 0.5) is 10.5 Å². The number of hydrogen-bond donors (Lipinski definition) is 2. The van der Waals surface area contributed by atoms with Crippen molar-refractivity contribution >= 4 is 28.0 Å². The van der Waals surface area contributed by atoms with Crippen molar-refractivity contribution in [3.63, 3.8) is 0 Å². The van der Waals surface area contributed by atoms with Crippen molar-refractivity contribution in [3.05, 3.63) is 69.8 Å².